The number of halogens is 4. The van der Waals surface area contributed by atoms with E-state index in [9.17, 15) is 22.4 Å². The lowest BCUT2D eigenvalue weighted by Crippen LogP contribution is -2.44. The molecule has 4 nitrogen and oxygen atoms in total. The van der Waals surface area contributed by atoms with Gasteiger partial charge in [-0.3, -0.25) is 9.69 Å². The summed E-state index contributed by atoms with van der Waals surface area (Å²) in [5.41, 5.74) is -0.510. The fraction of sp³-hybridized carbons (Fsp3) is 0.591. The minimum absolute atomic E-state index is 0.00256. The van der Waals surface area contributed by atoms with Crippen LogP contribution in [0.2, 0.25) is 0 Å². The number of hydrogen-bond acceptors (Lipinski definition) is 3. The first-order chi connectivity index (χ1) is 13.9. The van der Waals surface area contributed by atoms with Crippen molar-refractivity contribution in [2.75, 3.05) is 26.2 Å². The molecule has 1 amide bonds. The van der Waals surface area contributed by atoms with Gasteiger partial charge in [-0.05, 0) is 70.3 Å². The molecule has 168 valence electrons. The molecule has 1 heterocycles. The van der Waals surface area contributed by atoms with Gasteiger partial charge >= 0.3 is 6.18 Å². The molecule has 1 saturated heterocycles. The normalized spacial score (nSPS) is 16.4. The maximum absolute atomic E-state index is 13.5. The van der Waals surface area contributed by atoms with Crippen LogP contribution in [0.5, 0.6) is 0 Å². The van der Waals surface area contributed by atoms with Gasteiger partial charge in [0.15, 0.2) is 0 Å². The Morgan fingerprint density at radius 3 is 2.40 bits per heavy atom. The smallest absolute Gasteiger partial charge is 0.383 e. The molecule has 0 unspecified atom stereocenters. The van der Waals surface area contributed by atoms with Gasteiger partial charge in [0.2, 0.25) is 0 Å². The van der Waals surface area contributed by atoms with Crippen LogP contribution in [0.4, 0.5) is 17.6 Å². The number of piperidine rings is 1. The average molecular weight is 430 g/mol. The van der Waals surface area contributed by atoms with Gasteiger partial charge in [-0.25, -0.2) is 4.39 Å². The van der Waals surface area contributed by atoms with Crippen LogP contribution < -0.4 is 10.6 Å². The van der Waals surface area contributed by atoms with Gasteiger partial charge in [0.05, 0.1) is 5.56 Å². The summed E-state index contributed by atoms with van der Waals surface area (Å²) in [7, 11) is 0. The lowest BCUT2D eigenvalue weighted by Gasteiger charge is -2.34. The number of amides is 1. The van der Waals surface area contributed by atoms with E-state index in [2.05, 4.69) is 42.9 Å². The molecule has 1 aromatic rings. The Labute approximate surface area is 175 Å². The summed E-state index contributed by atoms with van der Waals surface area (Å²) in [6, 6.07) is 1.89. The summed E-state index contributed by atoms with van der Waals surface area (Å²) in [5.74, 6) is -1.54. The van der Waals surface area contributed by atoms with Crippen molar-refractivity contribution in [1.29, 1.82) is 0 Å². The number of carbonyl (C=O) groups excluding carboxylic acids is 1. The van der Waals surface area contributed by atoms with Gasteiger partial charge in [0.25, 0.3) is 5.91 Å². The van der Waals surface area contributed by atoms with E-state index >= 15 is 0 Å². The number of nitrogens with zero attached hydrogens (tertiary/aromatic N) is 1. The van der Waals surface area contributed by atoms with Crippen molar-refractivity contribution >= 4 is 5.91 Å². The number of benzene rings is 1. The minimum Gasteiger partial charge on any atom is -0.383 e. The molecule has 0 saturated carbocycles. The molecule has 2 rings (SSSR count). The van der Waals surface area contributed by atoms with E-state index in [1.54, 1.807) is 0 Å². The van der Waals surface area contributed by atoms with E-state index in [1.807, 2.05) is 0 Å². The van der Waals surface area contributed by atoms with E-state index in [4.69, 9.17) is 0 Å². The number of hydrogen-bond donors (Lipinski definition) is 2. The van der Waals surface area contributed by atoms with Gasteiger partial charge in [-0.1, -0.05) is 13.5 Å². The van der Waals surface area contributed by atoms with Gasteiger partial charge in [-0.2, -0.15) is 13.2 Å². The second-order valence-corrected chi connectivity index (χ2v) is 8.62. The summed E-state index contributed by atoms with van der Waals surface area (Å²) in [6.45, 7) is 13.3. The first-order valence-electron chi connectivity index (χ1n) is 10.2. The number of alkyl halides is 3. The summed E-state index contributed by atoms with van der Waals surface area (Å²) >= 11 is 0. The summed E-state index contributed by atoms with van der Waals surface area (Å²) in [4.78, 5) is 14.5. The van der Waals surface area contributed by atoms with Crippen molar-refractivity contribution in [2.45, 2.75) is 51.7 Å². The molecule has 1 aromatic carbocycles. The molecule has 1 aliphatic rings. The van der Waals surface area contributed by atoms with E-state index in [-0.39, 0.29) is 17.0 Å². The molecule has 1 aliphatic heterocycles. The first kappa shape index (κ1) is 24.2. The molecule has 0 atom stereocenters. The summed E-state index contributed by atoms with van der Waals surface area (Å²) in [6.07, 6.45) is -1.98. The number of likely N-dealkylation sites (tertiary alicyclic amines) is 1. The minimum atomic E-state index is -4.70. The Hall–Kier alpha value is -2.09. The molecular weight excluding hydrogens is 398 g/mol. The van der Waals surface area contributed by atoms with Crippen LogP contribution in [0.15, 0.2) is 30.5 Å². The highest BCUT2D eigenvalue weighted by atomic mass is 19.4. The highest BCUT2D eigenvalue weighted by Gasteiger charge is 2.32. The molecule has 0 radical (unpaired) electrons. The quantitative estimate of drug-likeness (QED) is 0.595. The van der Waals surface area contributed by atoms with E-state index < -0.39 is 23.5 Å². The molecular formula is C22H31F4N3O. The standard InChI is InChI=1S/C22H31F4N3O/c1-5-21(3,4)28-15(2)14-29-8-6-16(7-9-29)13-27-20(30)17-10-18(22(24,25)26)12-19(23)11-17/h10-12,16,28H,2,5-9,13-14H2,1,3-4H3,(H,27,30). The van der Waals surface area contributed by atoms with Crippen molar-refractivity contribution in [3.05, 3.63) is 47.4 Å². The van der Waals surface area contributed by atoms with Crippen LogP contribution in [-0.4, -0.2) is 42.5 Å². The van der Waals surface area contributed by atoms with Crippen molar-refractivity contribution in [1.82, 2.24) is 15.5 Å². The largest absolute Gasteiger partial charge is 0.416 e. The summed E-state index contributed by atoms with van der Waals surface area (Å²) < 4.78 is 51.9. The third kappa shape index (κ3) is 7.31. The highest BCUT2D eigenvalue weighted by Crippen LogP contribution is 2.30. The fourth-order valence-corrected chi connectivity index (χ4v) is 3.45. The van der Waals surface area contributed by atoms with Crippen molar-refractivity contribution < 1.29 is 22.4 Å². The van der Waals surface area contributed by atoms with Crippen LogP contribution in [0, 0.1) is 11.7 Å². The molecule has 0 bridgehead atoms. The monoisotopic (exact) mass is 429 g/mol. The SMILES string of the molecule is C=C(CN1CCC(CNC(=O)c2cc(F)cc(C(F)(F)F)c2)CC1)NC(C)(C)CC. The fourth-order valence-electron chi connectivity index (χ4n) is 3.45. The van der Waals surface area contributed by atoms with Gasteiger partial charge in [-0.15, -0.1) is 0 Å². The second-order valence-electron chi connectivity index (χ2n) is 8.62. The van der Waals surface area contributed by atoms with Crippen molar-refractivity contribution in [3.63, 3.8) is 0 Å². The third-order valence-corrected chi connectivity index (χ3v) is 5.56. The van der Waals surface area contributed by atoms with Gasteiger partial charge in [0.1, 0.15) is 5.82 Å². The first-order valence-corrected chi connectivity index (χ1v) is 10.2. The molecule has 0 aliphatic carbocycles. The van der Waals surface area contributed by atoms with Gasteiger partial charge in [0, 0.05) is 29.9 Å². The maximum atomic E-state index is 13.5. The topological polar surface area (TPSA) is 44.4 Å². The van der Waals surface area contributed by atoms with Crippen LogP contribution in [0.1, 0.15) is 56.0 Å². The Morgan fingerprint density at radius 1 is 1.20 bits per heavy atom. The maximum Gasteiger partial charge on any atom is 0.416 e. The predicted octanol–water partition coefficient (Wildman–Crippen LogP) is 4.58. The number of rotatable bonds is 8. The number of nitrogens with one attached hydrogen (secondary N) is 2. The van der Waals surface area contributed by atoms with Crippen LogP contribution in [0.3, 0.4) is 0 Å². The molecule has 0 aromatic heterocycles. The Bertz CT molecular complexity index is 753. The lowest BCUT2D eigenvalue weighted by atomic mass is 9.96. The summed E-state index contributed by atoms with van der Waals surface area (Å²) in [5, 5.41) is 6.09. The van der Waals surface area contributed by atoms with Gasteiger partial charge < -0.3 is 10.6 Å². The predicted molar refractivity (Wildman–Crippen MR) is 110 cm³/mol. The Balaban J connectivity index is 1.80. The molecule has 0 spiro atoms. The molecule has 30 heavy (non-hydrogen) atoms. The molecule has 1 fully saturated rings. The zero-order valence-corrected chi connectivity index (χ0v) is 17.8. The molecule has 8 heteroatoms. The van der Waals surface area contributed by atoms with E-state index in [0.29, 0.717) is 18.7 Å². The molecule has 2 N–H and O–H groups in total. The number of carbonyl (C=O) groups is 1. The van der Waals surface area contributed by atoms with E-state index in [1.165, 1.54) is 0 Å². The van der Waals surface area contributed by atoms with Crippen LogP contribution >= 0.6 is 0 Å². The van der Waals surface area contributed by atoms with E-state index in [0.717, 1.165) is 50.7 Å². The van der Waals surface area contributed by atoms with Crippen molar-refractivity contribution in [3.8, 4) is 0 Å². The average Bonchev–Trinajstić information content (AvgIpc) is 2.65. The Kier molecular flexibility index (Phi) is 7.91. The zero-order chi connectivity index (χ0) is 22.5. The lowest BCUT2D eigenvalue weighted by molar-refractivity contribution is -0.137. The third-order valence-electron chi connectivity index (χ3n) is 5.56. The Morgan fingerprint density at radius 2 is 1.83 bits per heavy atom. The zero-order valence-electron chi connectivity index (χ0n) is 17.8. The van der Waals surface area contributed by atoms with Crippen molar-refractivity contribution in [2.24, 2.45) is 5.92 Å². The van der Waals surface area contributed by atoms with Crippen LogP contribution in [0.25, 0.3) is 0 Å². The second kappa shape index (κ2) is 9.81. The highest BCUT2D eigenvalue weighted by molar-refractivity contribution is 5.94. The van der Waals surface area contributed by atoms with Crippen LogP contribution in [-0.2, 0) is 6.18 Å².